The molecule has 0 spiro atoms. The van der Waals surface area contributed by atoms with E-state index in [-0.39, 0.29) is 11.7 Å². The Bertz CT molecular complexity index is 420. The van der Waals surface area contributed by atoms with Gasteiger partial charge in [0.15, 0.2) is 5.69 Å². The van der Waals surface area contributed by atoms with E-state index >= 15 is 0 Å². The molecule has 1 atom stereocenters. The number of nitriles is 1. The number of hydrogen-bond donors (Lipinski definition) is 2. The molecule has 0 radical (unpaired) electrons. The summed E-state index contributed by atoms with van der Waals surface area (Å²) in [4.78, 5) is 6.51. The number of anilines is 2. The van der Waals surface area contributed by atoms with Gasteiger partial charge in [-0.1, -0.05) is 13.8 Å². The predicted octanol–water partition coefficient (Wildman–Crippen LogP) is 1.68. The average molecular weight is 247 g/mol. The fourth-order valence-corrected chi connectivity index (χ4v) is 1.81. The first-order valence-corrected chi connectivity index (χ1v) is 6.26. The summed E-state index contributed by atoms with van der Waals surface area (Å²) >= 11 is 0. The highest BCUT2D eigenvalue weighted by atomic mass is 15.1. The van der Waals surface area contributed by atoms with E-state index in [4.69, 9.17) is 11.0 Å². The van der Waals surface area contributed by atoms with Gasteiger partial charge in [-0.3, -0.25) is 0 Å². The van der Waals surface area contributed by atoms with Crippen molar-refractivity contribution in [2.24, 2.45) is 0 Å². The van der Waals surface area contributed by atoms with Gasteiger partial charge in [-0.15, -0.1) is 0 Å². The van der Waals surface area contributed by atoms with Crippen LogP contribution < -0.4 is 11.1 Å². The lowest BCUT2D eigenvalue weighted by molar-refractivity contribution is 0.294. The molecule has 1 rings (SSSR count). The molecular weight excluding hydrogens is 226 g/mol. The summed E-state index contributed by atoms with van der Waals surface area (Å²) in [6, 6.07) is 5.76. The standard InChI is InChI=1S/C13H21N5/c1-4-18(5-2)9-10(3)16-13-7-6-11(15)12(8-14)17-13/h6-7,10H,4-5,9,15H2,1-3H3,(H,16,17). The van der Waals surface area contributed by atoms with Crippen molar-refractivity contribution in [2.45, 2.75) is 26.8 Å². The van der Waals surface area contributed by atoms with Gasteiger partial charge in [0.25, 0.3) is 0 Å². The minimum Gasteiger partial charge on any atom is -0.396 e. The monoisotopic (exact) mass is 247 g/mol. The van der Waals surface area contributed by atoms with Crippen LogP contribution in [0.5, 0.6) is 0 Å². The van der Waals surface area contributed by atoms with Crippen molar-refractivity contribution < 1.29 is 0 Å². The fourth-order valence-electron chi connectivity index (χ4n) is 1.81. The van der Waals surface area contributed by atoms with Crippen LogP contribution in [0.25, 0.3) is 0 Å². The maximum Gasteiger partial charge on any atom is 0.165 e. The zero-order chi connectivity index (χ0) is 13.5. The third-order valence-electron chi connectivity index (χ3n) is 2.85. The second kappa shape index (κ2) is 6.82. The maximum atomic E-state index is 8.87. The minimum atomic E-state index is 0.271. The van der Waals surface area contributed by atoms with Gasteiger partial charge in [-0.25, -0.2) is 4.98 Å². The number of nitrogens with one attached hydrogen (secondary N) is 1. The van der Waals surface area contributed by atoms with Gasteiger partial charge in [0.2, 0.25) is 0 Å². The molecule has 0 amide bonds. The van der Waals surface area contributed by atoms with E-state index in [0.717, 1.165) is 19.6 Å². The molecule has 0 aliphatic carbocycles. The highest BCUT2D eigenvalue weighted by Crippen LogP contribution is 2.13. The van der Waals surface area contributed by atoms with Crippen LogP contribution in [0, 0.1) is 11.3 Å². The first kappa shape index (κ1) is 14.3. The Hall–Kier alpha value is -1.80. The van der Waals surface area contributed by atoms with Crippen LogP contribution in [-0.2, 0) is 0 Å². The number of hydrogen-bond acceptors (Lipinski definition) is 5. The van der Waals surface area contributed by atoms with E-state index in [0.29, 0.717) is 11.5 Å². The van der Waals surface area contributed by atoms with Gasteiger partial charge in [-0.2, -0.15) is 5.26 Å². The van der Waals surface area contributed by atoms with Crippen molar-refractivity contribution in [3.8, 4) is 6.07 Å². The molecule has 0 fully saturated rings. The molecule has 1 aromatic rings. The second-order valence-corrected chi connectivity index (χ2v) is 4.28. The SMILES string of the molecule is CCN(CC)CC(C)Nc1ccc(N)c(C#N)n1. The zero-order valence-corrected chi connectivity index (χ0v) is 11.3. The van der Waals surface area contributed by atoms with Crippen molar-refractivity contribution in [2.75, 3.05) is 30.7 Å². The van der Waals surface area contributed by atoms with Crippen LogP contribution in [0.2, 0.25) is 0 Å². The zero-order valence-electron chi connectivity index (χ0n) is 11.3. The van der Waals surface area contributed by atoms with Crippen molar-refractivity contribution in [3.63, 3.8) is 0 Å². The van der Waals surface area contributed by atoms with Gasteiger partial charge in [0, 0.05) is 12.6 Å². The molecule has 0 aromatic carbocycles. The number of likely N-dealkylation sites (N-methyl/N-ethyl adjacent to an activating group) is 1. The molecule has 3 N–H and O–H groups in total. The smallest absolute Gasteiger partial charge is 0.165 e. The number of nitrogens with zero attached hydrogens (tertiary/aromatic N) is 3. The van der Waals surface area contributed by atoms with Gasteiger partial charge in [-0.05, 0) is 32.1 Å². The summed E-state index contributed by atoms with van der Waals surface area (Å²) in [6.45, 7) is 9.39. The molecule has 5 nitrogen and oxygen atoms in total. The quantitative estimate of drug-likeness (QED) is 0.799. The minimum absolute atomic E-state index is 0.271. The molecule has 0 saturated heterocycles. The van der Waals surface area contributed by atoms with E-state index < -0.39 is 0 Å². The van der Waals surface area contributed by atoms with E-state index in [2.05, 4.69) is 36.0 Å². The summed E-state index contributed by atoms with van der Waals surface area (Å²) in [5, 5.41) is 12.2. The first-order chi connectivity index (χ1) is 8.60. The van der Waals surface area contributed by atoms with Crippen LogP contribution in [0.4, 0.5) is 11.5 Å². The lowest BCUT2D eigenvalue weighted by Crippen LogP contribution is -2.34. The van der Waals surface area contributed by atoms with E-state index in [1.165, 1.54) is 0 Å². The Balaban J connectivity index is 2.65. The Morgan fingerprint density at radius 3 is 2.67 bits per heavy atom. The molecule has 1 heterocycles. The summed E-state index contributed by atoms with van der Waals surface area (Å²) in [5.41, 5.74) is 6.32. The van der Waals surface area contributed by atoms with Crippen LogP contribution in [0.15, 0.2) is 12.1 Å². The third kappa shape index (κ3) is 3.90. The Labute approximate surface area is 109 Å². The Morgan fingerprint density at radius 2 is 2.11 bits per heavy atom. The lowest BCUT2D eigenvalue weighted by Gasteiger charge is -2.23. The molecule has 5 heteroatoms. The van der Waals surface area contributed by atoms with Crippen LogP contribution in [0.3, 0.4) is 0 Å². The summed E-state index contributed by atoms with van der Waals surface area (Å²) < 4.78 is 0. The van der Waals surface area contributed by atoms with E-state index in [9.17, 15) is 0 Å². The van der Waals surface area contributed by atoms with Crippen molar-refractivity contribution >= 4 is 11.5 Å². The molecule has 0 saturated carbocycles. The molecular formula is C13H21N5. The largest absolute Gasteiger partial charge is 0.396 e. The van der Waals surface area contributed by atoms with Crippen molar-refractivity contribution in [1.29, 1.82) is 5.26 Å². The Morgan fingerprint density at radius 1 is 1.44 bits per heavy atom. The summed E-state index contributed by atoms with van der Waals surface area (Å²) in [6.07, 6.45) is 0. The molecule has 1 aromatic heterocycles. The first-order valence-electron chi connectivity index (χ1n) is 6.26. The van der Waals surface area contributed by atoms with Crippen molar-refractivity contribution in [1.82, 2.24) is 9.88 Å². The van der Waals surface area contributed by atoms with Crippen LogP contribution in [0.1, 0.15) is 26.5 Å². The van der Waals surface area contributed by atoms with Gasteiger partial charge < -0.3 is 16.0 Å². The normalized spacial score (nSPS) is 12.2. The molecule has 18 heavy (non-hydrogen) atoms. The predicted molar refractivity (Wildman–Crippen MR) is 74.2 cm³/mol. The molecule has 0 aliphatic heterocycles. The maximum absolute atomic E-state index is 8.87. The van der Waals surface area contributed by atoms with E-state index in [1.54, 1.807) is 12.1 Å². The van der Waals surface area contributed by atoms with Crippen molar-refractivity contribution in [3.05, 3.63) is 17.8 Å². The summed E-state index contributed by atoms with van der Waals surface area (Å²) in [7, 11) is 0. The van der Waals surface area contributed by atoms with E-state index in [1.807, 2.05) is 6.07 Å². The third-order valence-corrected chi connectivity index (χ3v) is 2.85. The highest BCUT2D eigenvalue weighted by Gasteiger charge is 2.08. The summed E-state index contributed by atoms with van der Waals surface area (Å²) in [5.74, 6) is 0.695. The van der Waals surface area contributed by atoms with Gasteiger partial charge >= 0.3 is 0 Å². The number of nitrogen functional groups attached to an aromatic ring is 1. The fraction of sp³-hybridized carbons (Fsp3) is 0.538. The molecule has 0 aliphatic rings. The van der Waals surface area contributed by atoms with Gasteiger partial charge in [0.05, 0.1) is 5.69 Å². The van der Waals surface area contributed by atoms with Gasteiger partial charge in [0.1, 0.15) is 11.9 Å². The number of aromatic nitrogens is 1. The average Bonchev–Trinajstić information content (AvgIpc) is 2.38. The number of pyridine rings is 1. The lowest BCUT2D eigenvalue weighted by atomic mass is 10.2. The second-order valence-electron chi connectivity index (χ2n) is 4.28. The highest BCUT2D eigenvalue weighted by molar-refractivity contribution is 5.54. The van der Waals surface area contributed by atoms with Crippen LogP contribution in [-0.4, -0.2) is 35.6 Å². The topological polar surface area (TPSA) is 78.0 Å². The Kier molecular flexibility index (Phi) is 5.40. The molecule has 98 valence electrons. The molecule has 1 unspecified atom stereocenters. The number of nitrogens with two attached hydrogens (primary N) is 1. The van der Waals surface area contributed by atoms with Crippen LogP contribution >= 0.6 is 0 Å². The number of rotatable bonds is 6. The molecule has 0 bridgehead atoms.